The number of hydrogen-bond donors (Lipinski definition) is 1. The van der Waals surface area contributed by atoms with Gasteiger partial charge in [-0.25, -0.2) is 0 Å². The van der Waals surface area contributed by atoms with Gasteiger partial charge in [-0.3, -0.25) is 9.59 Å². The van der Waals surface area contributed by atoms with Crippen molar-refractivity contribution in [1.82, 2.24) is 4.90 Å². The molecule has 2 aliphatic rings. The lowest BCUT2D eigenvalue weighted by Gasteiger charge is -2.39. The molecule has 144 valence electrons. The minimum atomic E-state index is -0.655. The molecule has 2 saturated heterocycles. The van der Waals surface area contributed by atoms with Crippen LogP contribution in [-0.2, 0) is 9.59 Å². The van der Waals surface area contributed by atoms with Gasteiger partial charge in [0.25, 0.3) is 0 Å². The van der Waals surface area contributed by atoms with Gasteiger partial charge in [0.2, 0.25) is 11.8 Å². The highest BCUT2D eigenvalue weighted by Gasteiger charge is 2.42. The van der Waals surface area contributed by atoms with E-state index in [1.165, 1.54) is 0 Å². The molecule has 0 bridgehead atoms. The summed E-state index contributed by atoms with van der Waals surface area (Å²) in [6, 6.07) is 5.03. The molecule has 26 heavy (non-hydrogen) atoms. The molecule has 3 unspecified atom stereocenters. The minimum Gasteiger partial charge on any atom is -0.338 e. The third-order valence-corrected chi connectivity index (χ3v) is 5.79. The number of halogens is 3. The molecule has 2 heterocycles. The minimum absolute atomic E-state index is 0. The van der Waals surface area contributed by atoms with Crippen molar-refractivity contribution in [2.45, 2.75) is 32.2 Å². The topological polar surface area (TPSA) is 66.6 Å². The van der Waals surface area contributed by atoms with Gasteiger partial charge in [0.15, 0.2) is 0 Å². The van der Waals surface area contributed by atoms with Crippen LogP contribution < -0.4 is 10.6 Å². The van der Waals surface area contributed by atoms with Crippen molar-refractivity contribution < 1.29 is 9.59 Å². The van der Waals surface area contributed by atoms with E-state index in [4.69, 9.17) is 28.9 Å². The van der Waals surface area contributed by atoms with E-state index in [0.717, 1.165) is 12.8 Å². The van der Waals surface area contributed by atoms with Crippen LogP contribution in [0.2, 0.25) is 10.0 Å². The summed E-state index contributed by atoms with van der Waals surface area (Å²) in [5.41, 5.74) is 6.43. The highest BCUT2D eigenvalue weighted by Crippen LogP contribution is 2.35. The van der Waals surface area contributed by atoms with E-state index in [1.54, 1.807) is 23.1 Å². The molecule has 3 rings (SSSR count). The lowest BCUT2D eigenvalue weighted by atomic mass is 9.91. The van der Waals surface area contributed by atoms with E-state index >= 15 is 0 Å². The van der Waals surface area contributed by atoms with Gasteiger partial charge in [-0.1, -0.05) is 30.1 Å². The van der Waals surface area contributed by atoms with E-state index in [-0.39, 0.29) is 30.3 Å². The molecule has 2 amide bonds. The second kappa shape index (κ2) is 8.79. The maximum atomic E-state index is 13.0. The lowest BCUT2D eigenvalue weighted by molar-refractivity contribution is -0.143. The molecule has 1 aromatic carbocycles. The third-order valence-electron chi connectivity index (χ3n) is 5.24. The van der Waals surface area contributed by atoms with E-state index < -0.39 is 5.92 Å². The number of carbonyl (C=O) groups is 2. The van der Waals surface area contributed by atoms with Gasteiger partial charge in [0, 0.05) is 30.7 Å². The lowest BCUT2D eigenvalue weighted by Crippen LogP contribution is -2.52. The summed E-state index contributed by atoms with van der Waals surface area (Å²) >= 11 is 12.2. The molecule has 8 heteroatoms. The van der Waals surface area contributed by atoms with Crippen LogP contribution in [0.5, 0.6) is 0 Å². The first-order valence-electron chi connectivity index (χ1n) is 8.69. The number of carbonyl (C=O) groups excluding carboxylic acids is 2. The Labute approximate surface area is 170 Å². The van der Waals surface area contributed by atoms with Gasteiger partial charge in [-0.15, -0.1) is 12.4 Å². The predicted molar refractivity (Wildman–Crippen MR) is 107 cm³/mol. The highest BCUT2D eigenvalue weighted by molar-refractivity contribution is 6.36. The molecule has 2 fully saturated rings. The molecule has 5 nitrogen and oxygen atoms in total. The molecular weight excluding hydrogens is 397 g/mol. The normalized spacial score (nSPS) is 26.0. The zero-order chi connectivity index (χ0) is 18.1. The maximum absolute atomic E-state index is 13.0. The quantitative estimate of drug-likeness (QED) is 0.763. The Morgan fingerprint density at radius 2 is 2.00 bits per heavy atom. The Hall–Kier alpha value is -1.01. The molecule has 2 aliphatic heterocycles. The monoisotopic (exact) mass is 419 g/mol. The third kappa shape index (κ3) is 4.11. The van der Waals surface area contributed by atoms with Crippen molar-refractivity contribution in [3.8, 4) is 0 Å². The zero-order valence-electron chi connectivity index (χ0n) is 14.7. The van der Waals surface area contributed by atoms with Gasteiger partial charge < -0.3 is 15.5 Å². The number of benzene rings is 1. The van der Waals surface area contributed by atoms with Crippen molar-refractivity contribution in [1.29, 1.82) is 0 Å². The second-order valence-electron chi connectivity index (χ2n) is 6.98. The Morgan fingerprint density at radius 3 is 2.69 bits per heavy atom. The van der Waals surface area contributed by atoms with Crippen LogP contribution in [0, 0.1) is 11.8 Å². The maximum Gasteiger partial charge on any atom is 0.239 e. The van der Waals surface area contributed by atoms with Crippen LogP contribution in [0.15, 0.2) is 18.2 Å². The number of piperidine rings is 1. The summed E-state index contributed by atoms with van der Waals surface area (Å²) in [6.45, 7) is 3.74. The zero-order valence-corrected chi connectivity index (χ0v) is 17.0. The van der Waals surface area contributed by atoms with Crippen LogP contribution in [0.1, 0.15) is 26.2 Å². The number of nitrogens with two attached hydrogens (primary N) is 1. The molecule has 3 atom stereocenters. The number of anilines is 1. The predicted octanol–water partition coefficient (Wildman–Crippen LogP) is 3.35. The number of amides is 2. The molecule has 1 aromatic rings. The van der Waals surface area contributed by atoms with Gasteiger partial charge in [0.1, 0.15) is 5.92 Å². The van der Waals surface area contributed by atoms with Crippen molar-refractivity contribution >= 4 is 53.1 Å². The Balaban J connectivity index is 0.00000243. The summed E-state index contributed by atoms with van der Waals surface area (Å²) in [5, 5.41) is 0.965. The van der Waals surface area contributed by atoms with Crippen molar-refractivity contribution in [3.05, 3.63) is 28.2 Å². The number of likely N-dealkylation sites (tertiary alicyclic amines) is 1. The molecular formula is C18H24Cl3N3O2. The van der Waals surface area contributed by atoms with Crippen LogP contribution >= 0.6 is 35.6 Å². The first kappa shape index (κ1) is 21.3. The van der Waals surface area contributed by atoms with Gasteiger partial charge >= 0.3 is 0 Å². The van der Waals surface area contributed by atoms with E-state index in [9.17, 15) is 9.59 Å². The molecule has 0 saturated carbocycles. The summed E-state index contributed by atoms with van der Waals surface area (Å²) in [5.74, 6) is -0.410. The van der Waals surface area contributed by atoms with Crippen LogP contribution in [0.25, 0.3) is 0 Å². The number of nitrogens with zero attached hydrogens (tertiary/aromatic N) is 2. The molecule has 2 N–H and O–H groups in total. The standard InChI is InChI=1S/C18H23Cl2N3O2.ClH/c1-11-4-6-22(13(8-11)10-21)17(24)14-5-7-23(18(14)25)16-9-12(19)2-3-15(16)20;/h2-3,9,11,13-14H,4-8,10,21H2,1H3;1H. The van der Waals surface area contributed by atoms with Crippen LogP contribution in [0.4, 0.5) is 5.69 Å². The van der Waals surface area contributed by atoms with Crippen molar-refractivity contribution in [3.63, 3.8) is 0 Å². The summed E-state index contributed by atoms with van der Waals surface area (Å²) in [7, 11) is 0. The largest absolute Gasteiger partial charge is 0.338 e. The van der Waals surface area contributed by atoms with Crippen LogP contribution in [0.3, 0.4) is 0 Å². The fourth-order valence-corrected chi connectivity index (χ4v) is 4.19. The smallest absolute Gasteiger partial charge is 0.239 e. The van der Waals surface area contributed by atoms with E-state index in [2.05, 4.69) is 6.92 Å². The first-order chi connectivity index (χ1) is 11.9. The number of rotatable bonds is 3. The van der Waals surface area contributed by atoms with E-state index in [1.807, 2.05) is 4.90 Å². The second-order valence-corrected chi connectivity index (χ2v) is 7.82. The molecule has 0 spiro atoms. The van der Waals surface area contributed by atoms with Gasteiger partial charge in [-0.2, -0.15) is 0 Å². The number of hydrogen-bond acceptors (Lipinski definition) is 3. The summed E-state index contributed by atoms with van der Waals surface area (Å²) < 4.78 is 0. The Bertz CT molecular complexity index is 686. The molecule has 0 aliphatic carbocycles. The van der Waals surface area contributed by atoms with Crippen LogP contribution in [-0.4, -0.2) is 42.4 Å². The SMILES string of the molecule is CC1CCN(C(=O)C2CCN(c3cc(Cl)ccc3Cl)C2=O)C(CN)C1.Cl. The van der Waals surface area contributed by atoms with Crippen molar-refractivity contribution in [2.75, 3.05) is 24.5 Å². The van der Waals surface area contributed by atoms with E-state index in [0.29, 0.717) is 47.7 Å². The fourth-order valence-electron chi connectivity index (χ4n) is 3.81. The highest BCUT2D eigenvalue weighted by atomic mass is 35.5. The Morgan fingerprint density at radius 1 is 1.27 bits per heavy atom. The molecule has 0 radical (unpaired) electrons. The van der Waals surface area contributed by atoms with Gasteiger partial charge in [0.05, 0.1) is 10.7 Å². The van der Waals surface area contributed by atoms with Gasteiger partial charge in [-0.05, 0) is 43.4 Å². The first-order valence-corrected chi connectivity index (χ1v) is 9.45. The van der Waals surface area contributed by atoms with Crippen molar-refractivity contribution in [2.24, 2.45) is 17.6 Å². The summed E-state index contributed by atoms with van der Waals surface area (Å²) in [6.07, 6.45) is 2.34. The Kier molecular flexibility index (Phi) is 7.19. The average molecular weight is 421 g/mol. The average Bonchev–Trinajstić information content (AvgIpc) is 2.97. The summed E-state index contributed by atoms with van der Waals surface area (Å²) in [4.78, 5) is 29.2. The molecule has 0 aromatic heterocycles. The fraction of sp³-hybridized carbons (Fsp3) is 0.556.